The summed E-state index contributed by atoms with van der Waals surface area (Å²) in [7, 11) is 1.62. The molecule has 1 aliphatic heterocycles. The molecule has 2 aromatic rings. The normalized spacial score (nSPS) is 19.6. The fraction of sp³-hybridized carbons (Fsp3) is 0.545. The summed E-state index contributed by atoms with van der Waals surface area (Å²) in [5.41, 5.74) is 1.16. The number of aliphatic hydroxyl groups excluding tert-OH is 1. The second-order valence-electron chi connectivity index (χ2n) is 8.43. The van der Waals surface area contributed by atoms with Gasteiger partial charge in [-0.25, -0.2) is 0 Å². The number of aliphatic hydroxyl groups is 1. The Kier molecular flexibility index (Phi) is 6.72. The highest BCUT2D eigenvalue weighted by atomic mass is 16.6. The number of nitrogens with one attached hydrogen (secondary N) is 1. The van der Waals surface area contributed by atoms with Crippen LogP contribution in [0, 0.1) is 0 Å². The van der Waals surface area contributed by atoms with Gasteiger partial charge >= 0.3 is 5.97 Å². The first-order valence-electron chi connectivity index (χ1n) is 10.1. The van der Waals surface area contributed by atoms with Gasteiger partial charge in [-0.05, 0) is 57.0 Å². The molecule has 29 heavy (non-hydrogen) atoms. The molecule has 2 atom stereocenters. The Balaban J connectivity index is 1.66. The zero-order valence-corrected chi connectivity index (χ0v) is 17.6. The predicted octanol–water partition coefficient (Wildman–Crippen LogP) is 2.28. The number of nitrogens with zero attached hydrogens (tertiary/aromatic N) is 2. The molecular weight excluding hydrogens is 370 g/mol. The van der Waals surface area contributed by atoms with Gasteiger partial charge in [0.2, 0.25) is 0 Å². The van der Waals surface area contributed by atoms with Crippen LogP contribution >= 0.6 is 0 Å². The van der Waals surface area contributed by atoms with E-state index in [2.05, 4.69) is 15.2 Å². The van der Waals surface area contributed by atoms with Crippen LogP contribution < -0.4 is 10.1 Å². The van der Waals surface area contributed by atoms with Crippen LogP contribution in [0.5, 0.6) is 5.75 Å². The van der Waals surface area contributed by atoms with Crippen LogP contribution in [-0.4, -0.2) is 65.9 Å². The van der Waals surface area contributed by atoms with Gasteiger partial charge in [-0.1, -0.05) is 0 Å². The highest BCUT2D eigenvalue weighted by Gasteiger charge is 2.28. The molecule has 0 aliphatic carbocycles. The van der Waals surface area contributed by atoms with Crippen LogP contribution in [0.3, 0.4) is 0 Å². The maximum Gasteiger partial charge on any atom is 0.323 e. The number of fused-ring (bicyclic) bond motifs is 1. The zero-order chi connectivity index (χ0) is 21.0. The average Bonchev–Trinajstić information content (AvgIpc) is 2.91. The molecule has 0 bridgehead atoms. The van der Waals surface area contributed by atoms with Gasteiger partial charge in [0.05, 0.1) is 18.7 Å². The summed E-state index contributed by atoms with van der Waals surface area (Å²) >= 11 is 0. The number of hydrogen-bond acceptors (Lipinski definition) is 7. The Morgan fingerprint density at radius 3 is 2.86 bits per heavy atom. The summed E-state index contributed by atoms with van der Waals surface area (Å²) in [6.45, 7) is 8.23. The van der Waals surface area contributed by atoms with Gasteiger partial charge in [-0.3, -0.25) is 14.7 Å². The average molecular weight is 402 g/mol. The number of carbonyl (C=O) groups is 1. The first-order valence-corrected chi connectivity index (χ1v) is 10.1. The van der Waals surface area contributed by atoms with Gasteiger partial charge in [0.25, 0.3) is 0 Å². The number of hydrogen-bond donors (Lipinski definition) is 2. The number of β-amino-alcohol motifs (C(OH)–C–C–N with tert-alkyl or cyclic N) is 1. The highest BCUT2D eigenvalue weighted by molar-refractivity contribution is 5.83. The SMILES string of the molecule is COc1ccc2nccc(C(O)CN3CCNC(C(=O)OC(C)(C)C)CC3)c2c1. The van der Waals surface area contributed by atoms with Crippen molar-refractivity contribution in [3.63, 3.8) is 0 Å². The highest BCUT2D eigenvalue weighted by Crippen LogP contribution is 2.27. The minimum absolute atomic E-state index is 0.216. The minimum atomic E-state index is -0.661. The van der Waals surface area contributed by atoms with Crippen molar-refractivity contribution in [2.24, 2.45) is 0 Å². The van der Waals surface area contributed by atoms with Crippen molar-refractivity contribution in [3.8, 4) is 5.75 Å². The first-order chi connectivity index (χ1) is 13.8. The number of ether oxygens (including phenoxy) is 2. The lowest BCUT2D eigenvalue weighted by Gasteiger charge is -2.24. The van der Waals surface area contributed by atoms with Crippen molar-refractivity contribution in [1.29, 1.82) is 0 Å². The summed E-state index contributed by atoms with van der Waals surface area (Å²) < 4.78 is 10.8. The van der Waals surface area contributed by atoms with E-state index in [0.717, 1.165) is 28.8 Å². The lowest BCUT2D eigenvalue weighted by Crippen LogP contribution is -2.41. The number of aromatic nitrogens is 1. The Bertz CT molecular complexity index is 850. The molecule has 1 fully saturated rings. The third kappa shape index (κ3) is 5.65. The number of pyridine rings is 1. The zero-order valence-electron chi connectivity index (χ0n) is 17.6. The number of esters is 1. The van der Waals surface area contributed by atoms with Crippen molar-refractivity contribution in [3.05, 3.63) is 36.0 Å². The van der Waals surface area contributed by atoms with E-state index in [1.54, 1.807) is 13.3 Å². The van der Waals surface area contributed by atoms with Gasteiger partial charge in [0, 0.05) is 37.8 Å². The summed E-state index contributed by atoms with van der Waals surface area (Å²) in [5.74, 6) is 0.519. The molecule has 2 N–H and O–H groups in total. The molecule has 0 radical (unpaired) electrons. The van der Waals surface area contributed by atoms with Gasteiger partial charge in [-0.15, -0.1) is 0 Å². The third-order valence-corrected chi connectivity index (χ3v) is 5.02. The van der Waals surface area contributed by atoms with Gasteiger partial charge in [0.1, 0.15) is 17.4 Å². The predicted molar refractivity (Wildman–Crippen MR) is 112 cm³/mol. The molecular formula is C22H31N3O4. The van der Waals surface area contributed by atoms with Crippen LogP contribution in [-0.2, 0) is 9.53 Å². The summed E-state index contributed by atoms with van der Waals surface area (Å²) in [5, 5.41) is 15.1. The summed E-state index contributed by atoms with van der Waals surface area (Å²) in [6.07, 6.45) is 1.70. The van der Waals surface area contributed by atoms with Gasteiger partial charge in [0.15, 0.2) is 0 Å². The van der Waals surface area contributed by atoms with Crippen LogP contribution in [0.2, 0.25) is 0 Å². The molecule has 2 unspecified atom stereocenters. The van der Waals surface area contributed by atoms with Crippen LogP contribution in [0.1, 0.15) is 38.9 Å². The van der Waals surface area contributed by atoms with Gasteiger partial charge in [-0.2, -0.15) is 0 Å². The molecule has 158 valence electrons. The largest absolute Gasteiger partial charge is 0.497 e. The standard InChI is InChI=1S/C22H31N3O4/c1-22(2,3)29-21(27)19-8-11-25(12-10-24-19)14-20(26)16-7-9-23-18-6-5-15(28-4)13-17(16)18/h5-7,9,13,19-20,24,26H,8,10-12,14H2,1-4H3. The van der Waals surface area contributed by atoms with Crippen molar-refractivity contribution >= 4 is 16.9 Å². The van der Waals surface area contributed by atoms with E-state index in [1.807, 2.05) is 45.0 Å². The third-order valence-electron chi connectivity index (χ3n) is 5.02. The lowest BCUT2D eigenvalue weighted by molar-refractivity contribution is -0.157. The molecule has 1 aromatic carbocycles. The van der Waals surface area contributed by atoms with Gasteiger partial charge < -0.3 is 19.9 Å². The minimum Gasteiger partial charge on any atom is -0.497 e. The molecule has 1 aromatic heterocycles. The van der Waals surface area contributed by atoms with E-state index in [-0.39, 0.29) is 12.0 Å². The molecule has 7 nitrogen and oxygen atoms in total. The Labute approximate surface area is 172 Å². The van der Waals surface area contributed by atoms with Crippen LogP contribution in [0.15, 0.2) is 30.5 Å². The number of carbonyl (C=O) groups excluding carboxylic acids is 1. The van der Waals surface area contributed by atoms with Crippen molar-refractivity contribution in [2.75, 3.05) is 33.3 Å². The molecule has 0 saturated carbocycles. The van der Waals surface area contributed by atoms with Crippen molar-refractivity contribution in [1.82, 2.24) is 15.2 Å². The maximum atomic E-state index is 12.4. The molecule has 3 rings (SSSR count). The number of rotatable bonds is 5. The molecule has 2 heterocycles. The number of benzene rings is 1. The fourth-order valence-electron chi connectivity index (χ4n) is 3.59. The van der Waals surface area contributed by atoms with Crippen molar-refractivity contribution in [2.45, 2.75) is 44.9 Å². The molecule has 0 spiro atoms. The molecule has 7 heteroatoms. The monoisotopic (exact) mass is 401 g/mol. The maximum absolute atomic E-state index is 12.4. The quantitative estimate of drug-likeness (QED) is 0.744. The first kappa shape index (κ1) is 21.5. The van der Waals surface area contributed by atoms with E-state index < -0.39 is 11.7 Å². The molecule has 1 aliphatic rings. The van der Waals surface area contributed by atoms with E-state index in [0.29, 0.717) is 26.1 Å². The smallest absolute Gasteiger partial charge is 0.323 e. The second kappa shape index (κ2) is 9.07. The lowest BCUT2D eigenvalue weighted by atomic mass is 10.0. The van der Waals surface area contributed by atoms with Crippen molar-refractivity contribution < 1.29 is 19.4 Å². The molecule has 0 amide bonds. The second-order valence-corrected chi connectivity index (χ2v) is 8.43. The van der Waals surface area contributed by atoms with E-state index >= 15 is 0 Å². The van der Waals surface area contributed by atoms with Crippen LogP contribution in [0.4, 0.5) is 0 Å². The van der Waals surface area contributed by atoms with E-state index in [9.17, 15) is 9.90 Å². The Morgan fingerprint density at radius 1 is 1.34 bits per heavy atom. The fourth-order valence-corrected chi connectivity index (χ4v) is 3.59. The Hall–Kier alpha value is -2.22. The number of methoxy groups -OCH3 is 1. The Morgan fingerprint density at radius 2 is 2.14 bits per heavy atom. The molecule has 1 saturated heterocycles. The van der Waals surface area contributed by atoms with E-state index in [4.69, 9.17) is 9.47 Å². The summed E-state index contributed by atoms with van der Waals surface area (Å²) in [4.78, 5) is 18.9. The van der Waals surface area contributed by atoms with E-state index in [1.165, 1.54) is 0 Å². The van der Waals surface area contributed by atoms with Crippen LogP contribution in [0.25, 0.3) is 10.9 Å². The topological polar surface area (TPSA) is 83.9 Å². The summed E-state index contributed by atoms with van der Waals surface area (Å²) in [6, 6.07) is 7.20.